The summed E-state index contributed by atoms with van der Waals surface area (Å²) >= 11 is 0. The summed E-state index contributed by atoms with van der Waals surface area (Å²) in [6.07, 6.45) is -0.826. The predicted octanol–water partition coefficient (Wildman–Crippen LogP) is 4.28. The van der Waals surface area contributed by atoms with Gasteiger partial charge in [0.25, 0.3) is 11.6 Å². The van der Waals surface area contributed by atoms with E-state index in [4.69, 9.17) is 4.74 Å². The molecule has 8 heteroatoms. The number of rotatable bonds is 5. The number of nitro benzene ring substituents is 1. The summed E-state index contributed by atoms with van der Waals surface area (Å²) in [5, 5.41) is 13.9. The zero-order valence-corrected chi connectivity index (χ0v) is 18.3. The van der Waals surface area contributed by atoms with E-state index in [1.165, 1.54) is 23.1 Å². The number of carbonyl (C=O) groups is 2. The maximum absolute atomic E-state index is 13.0. The van der Waals surface area contributed by atoms with Crippen LogP contribution in [0.5, 0.6) is 5.75 Å². The molecule has 0 saturated heterocycles. The number of non-ortho nitro benzene ring substituents is 1. The van der Waals surface area contributed by atoms with Crippen LogP contribution in [-0.4, -0.2) is 29.4 Å². The lowest BCUT2D eigenvalue weighted by Crippen LogP contribution is -2.50. The topological polar surface area (TPSA) is 102 Å². The Kier molecular flexibility index (Phi) is 6.01. The Morgan fingerprint density at radius 3 is 2.39 bits per heavy atom. The number of nitrogens with one attached hydrogen (secondary N) is 1. The number of nitrogens with zero attached hydrogens (tertiary/aromatic N) is 2. The number of amides is 2. The van der Waals surface area contributed by atoms with Gasteiger partial charge in [0.2, 0.25) is 5.91 Å². The van der Waals surface area contributed by atoms with Crippen LogP contribution in [0.4, 0.5) is 17.1 Å². The van der Waals surface area contributed by atoms with Crippen LogP contribution in [0.3, 0.4) is 0 Å². The summed E-state index contributed by atoms with van der Waals surface area (Å²) in [5.74, 6) is -0.676. The Morgan fingerprint density at radius 1 is 1.19 bits per heavy atom. The van der Waals surface area contributed by atoms with Gasteiger partial charge in [0.1, 0.15) is 6.54 Å². The second-order valence-corrected chi connectivity index (χ2v) is 8.99. The minimum absolute atomic E-state index is 0.000931. The van der Waals surface area contributed by atoms with E-state index in [0.717, 1.165) is 5.56 Å². The Hall–Kier alpha value is -3.42. The van der Waals surface area contributed by atoms with Crippen molar-refractivity contribution in [3.05, 3.63) is 58.1 Å². The maximum Gasteiger partial charge on any atom is 0.273 e. The van der Waals surface area contributed by atoms with Gasteiger partial charge < -0.3 is 10.1 Å². The van der Waals surface area contributed by atoms with E-state index >= 15 is 0 Å². The highest BCUT2D eigenvalue weighted by molar-refractivity contribution is 6.06. The van der Waals surface area contributed by atoms with E-state index < -0.39 is 11.0 Å². The molecule has 0 spiro atoms. The van der Waals surface area contributed by atoms with Crippen LogP contribution >= 0.6 is 0 Å². The third-order valence-electron chi connectivity index (χ3n) is 5.15. The van der Waals surface area contributed by atoms with Gasteiger partial charge in [-0.3, -0.25) is 24.6 Å². The van der Waals surface area contributed by atoms with Crippen LogP contribution in [-0.2, 0) is 15.0 Å². The van der Waals surface area contributed by atoms with Crippen LogP contribution in [0.2, 0.25) is 0 Å². The van der Waals surface area contributed by atoms with E-state index in [-0.39, 0.29) is 41.1 Å². The van der Waals surface area contributed by atoms with Gasteiger partial charge in [-0.15, -0.1) is 0 Å². The summed E-state index contributed by atoms with van der Waals surface area (Å²) in [6, 6.07) is 11.6. The molecule has 1 N–H and O–H groups in total. The molecule has 1 aliphatic heterocycles. The molecule has 0 bridgehead atoms. The van der Waals surface area contributed by atoms with Gasteiger partial charge in [-0.2, -0.15) is 0 Å². The van der Waals surface area contributed by atoms with Crippen molar-refractivity contribution in [3.63, 3.8) is 0 Å². The molecule has 1 unspecified atom stereocenters. The highest BCUT2D eigenvalue weighted by atomic mass is 16.6. The van der Waals surface area contributed by atoms with Gasteiger partial charge in [0, 0.05) is 11.8 Å². The van der Waals surface area contributed by atoms with E-state index in [9.17, 15) is 19.7 Å². The fraction of sp³-hybridized carbons (Fsp3) is 0.391. The van der Waals surface area contributed by atoms with E-state index in [0.29, 0.717) is 11.4 Å². The largest absolute Gasteiger partial charge is 0.478 e. The number of hydrogen-bond donors (Lipinski definition) is 1. The van der Waals surface area contributed by atoms with Crippen molar-refractivity contribution in [1.29, 1.82) is 0 Å². The summed E-state index contributed by atoms with van der Waals surface area (Å²) in [5.41, 5.74) is 1.97. The molecule has 31 heavy (non-hydrogen) atoms. The van der Waals surface area contributed by atoms with Gasteiger partial charge in [-0.05, 0) is 35.1 Å². The third-order valence-corrected chi connectivity index (χ3v) is 5.15. The number of benzene rings is 2. The first kappa shape index (κ1) is 22.3. The van der Waals surface area contributed by atoms with Crippen molar-refractivity contribution in [2.45, 2.75) is 46.1 Å². The molecule has 2 aromatic carbocycles. The second kappa shape index (κ2) is 8.37. The fourth-order valence-electron chi connectivity index (χ4n) is 3.38. The van der Waals surface area contributed by atoms with Crippen LogP contribution in [0.1, 0.15) is 40.2 Å². The van der Waals surface area contributed by atoms with Crippen molar-refractivity contribution < 1.29 is 19.2 Å². The Morgan fingerprint density at radius 2 is 1.84 bits per heavy atom. The molecular weight excluding hydrogens is 398 g/mol. The molecule has 1 aliphatic rings. The number of anilines is 2. The van der Waals surface area contributed by atoms with Crippen LogP contribution < -0.4 is 15.0 Å². The number of carbonyl (C=O) groups excluding carboxylic acids is 2. The molecule has 164 valence electrons. The van der Waals surface area contributed by atoms with E-state index in [1.807, 2.05) is 38.1 Å². The first-order valence-corrected chi connectivity index (χ1v) is 10.1. The van der Waals surface area contributed by atoms with Crippen molar-refractivity contribution in [2.75, 3.05) is 16.8 Å². The summed E-state index contributed by atoms with van der Waals surface area (Å²) in [4.78, 5) is 37.6. The highest BCUT2D eigenvalue weighted by Gasteiger charge is 2.38. The number of fused-ring (bicyclic) bond motifs is 1. The normalized spacial score (nSPS) is 16.0. The molecule has 2 aromatic rings. The zero-order chi connectivity index (χ0) is 22.9. The fourth-order valence-corrected chi connectivity index (χ4v) is 3.38. The molecule has 8 nitrogen and oxygen atoms in total. The molecule has 1 heterocycles. The van der Waals surface area contributed by atoms with Gasteiger partial charge in [0.05, 0.1) is 16.7 Å². The monoisotopic (exact) mass is 425 g/mol. The molecule has 0 aromatic heterocycles. The van der Waals surface area contributed by atoms with Gasteiger partial charge >= 0.3 is 0 Å². The van der Waals surface area contributed by atoms with Gasteiger partial charge in [-0.25, -0.2) is 0 Å². The molecule has 0 fully saturated rings. The van der Waals surface area contributed by atoms with Crippen molar-refractivity contribution in [3.8, 4) is 5.75 Å². The Bertz CT molecular complexity index is 1010. The van der Waals surface area contributed by atoms with Crippen LogP contribution in [0.25, 0.3) is 0 Å². The van der Waals surface area contributed by atoms with Crippen LogP contribution in [0.15, 0.2) is 42.5 Å². The number of hydrogen-bond acceptors (Lipinski definition) is 5. The standard InChI is InChI=1S/C23H27N3O5/c1-14(2)21-22(28)25(18-11-10-17(26(29)30)12-19(18)31-21)13-20(27)24-16-8-6-15(7-9-16)23(3,4)5/h6-12,14,21H,13H2,1-5H3,(H,24,27). The average Bonchev–Trinajstić information content (AvgIpc) is 2.68. The Labute approximate surface area is 181 Å². The first-order chi connectivity index (χ1) is 14.5. The minimum Gasteiger partial charge on any atom is -0.478 e. The highest BCUT2D eigenvalue weighted by Crippen LogP contribution is 2.38. The third kappa shape index (κ3) is 4.84. The molecule has 0 radical (unpaired) electrons. The smallest absolute Gasteiger partial charge is 0.273 e. The summed E-state index contributed by atoms with van der Waals surface area (Å²) < 4.78 is 5.74. The van der Waals surface area contributed by atoms with Crippen molar-refractivity contribution in [1.82, 2.24) is 0 Å². The summed E-state index contributed by atoms with van der Waals surface area (Å²) in [7, 11) is 0. The Balaban J connectivity index is 1.83. The molecule has 0 saturated carbocycles. The second-order valence-electron chi connectivity index (χ2n) is 8.99. The van der Waals surface area contributed by atoms with Crippen LogP contribution in [0, 0.1) is 16.0 Å². The minimum atomic E-state index is -0.826. The number of nitro groups is 1. The predicted molar refractivity (Wildman–Crippen MR) is 118 cm³/mol. The quantitative estimate of drug-likeness (QED) is 0.569. The summed E-state index contributed by atoms with van der Waals surface area (Å²) in [6.45, 7) is 9.74. The maximum atomic E-state index is 13.0. The SMILES string of the molecule is CC(C)C1Oc2cc([N+](=O)[O-])ccc2N(CC(=O)Nc2ccc(C(C)(C)C)cc2)C1=O. The molecular formula is C23H27N3O5. The zero-order valence-electron chi connectivity index (χ0n) is 18.3. The van der Waals surface area contributed by atoms with Gasteiger partial charge in [-0.1, -0.05) is 46.8 Å². The molecule has 3 rings (SSSR count). The molecule has 1 atom stereocenters. The van der Waals surface area contributed by atoms with Crippen molar-refractivity contribution in [2.24, 2.45) is 5.92 Å². The molecule has 0 aliphatic carbocycles. The molecule has 2 amide bonds. The first-order valence-electron chi connectivity index (χ1n) is 10.1. The van der Waals surface area contributed by atoms with Gasteiger partial charge in [0.15, 0.2) is 11.9 Å². The lowest BCUT2D eigenvalue weighted by molar-refractivity contribution is -0.384. The lowest BCUT2D eigenvalue weighted by Gasteiger charge is -2.35. The average molecular weight is 425 g/mol. The van der Waals surface area contributed by atoms with Crippen molar-refractivity contribution >= 4 is 28.9 Å². The van der Waals surface area contributed by atoms with E-state index in [1.54, 1.807) is 0 Å². The van der Waals surface area contributed by atoms with E-state index in [2.05, 4.69) is 26.1 Å². The number of ether oxygens (including phenoxy) is 1. The lowest BCUT2D eigenvalue weighted by atomic mass is 9.87.